The van der Waals surface area contributed by atoms with Gasteiger partial charge in [-0.2, -0.15) is 0 Å². The quantitative estimate of drug-likeness (QED) is 0.288. The van der Waals surface area contributed by atoms with Crippen molar-refractivity contribution in [1.82, 2.24) is 14.5 Å². The van der Waals surface area contributed by atoms with E-state index in [0.717, 1.165) is 21.6 Å². The molecule has 0 unspecified atom stereocenters. The van der Waals surface area contributed by atoms with E-state index in [1.54, 1.807) is 0 Å². The Morgan fingerprint density at radius 2 is 2.00 bits per heavy atom. The molecule has 2 aromatic heterocycles. The molecule has 0 atom stereocenters. The van der Waals surface area contributed by atoms with Gasteiger partial charge in [0, 0.05) is 11.4 Å². The summed E-state index contributed by atoms with van der Waals surface area (Å²) < 4.78 is 8.94. The van der Waals surface area contributed by atoms with E-state index in [0.29, 0.717) is 9.11 Å². The third kappa shape index (κ3) is 4.00. The maximum atomic E-state index is 12.0. The summed E-state index contributed by atoms with van der Waals surface area (Å²) in [7, 11) is 0. The van der Waals surface area contributed by atoms with Gasteiger partial charge < -0.3 is 4.74 Å². The summed E-state index contributed by atoms with van der Waals surface area (Å²) in [6, 6.07) is 9.76. The molecule has 0 aliphatic rings. The molecule has 0 amide bonds. The summed E-state index contributed by atoms with van der Waals surface area (Å²) >= 11 is 8.12. The second-order valence-electron chi connectivity index (χ2n) is 5.13. The van der Waals surface area contributed by atoms with Gasteiger partial charge in [-0.25, -0.2) is 9.97 Å². The molecule has 2 heterocycles. The van der Waals surface area contributed by atoms with E-state index >= 15 is 0 Å². The highest BCUT2D eigenvalue weighted by Crippen LogP contribution is 2.23. The fourth-order valence-electron chi connectivity index (χ4n) is 2.20. The highest BCUT2D eigenvalue weighted by molar-refractivity contribution is 7.99. The van der Waals surface area contributed by atoms with Crippen molar-refractivity contribution >= 4 is 51.5 Å². The summed E-state index contributed by atoms with van der Waals surface area (Å²) in [5, 5.41) is 0.585. The molecule has 0 radical (unpaired) electrons. The monoisotopic (exact) mass is 377 g/mol. The van der Waals surface area contributed by atoms with Gasteiger partial charge in [-0.3, -0.25) is 9.36 Å². The van der Waals surface area contributed by atoms with Crippen LogP contribution in [0.3, 0.4) is 0 Å². The fraction of sp³-hybridized carbons (Fsp3) is 0.250. The number of aromatic nitrogens is 3. The molecule has 0 bridgehead atoms. The lowest BCUT2D eigenvalue weighted by molar-refractivity contribution is -0.144. The first-order valence-corrected chi connectivity index (χ1v) is 9.43. The molecule has 0 aliphatic carbocycles. The van der Waals surface area contributed by atoms with Gasteiger partial charge in [0.25, 0.3) is 0 Å². The second-order valence-corrected chi connectivity index (χ2v) is 7.75. The van der Waals surface area contributed by atoms with Gasteiger partial charge in [0.2, 0.25) is 0 Å². The molecule has 0 fully saturated rings. The van der Waals surface area contributed by atoms with Crippen LogP contribution in [0.15, 0.2) is 35.5 Å². The van der Waals surface area contributed by atoms with Crippen LogP contribution in [-0.4, -0.2) is 26.3 Å². The number of ether oxygens (including phenoxy) is 1. The van der Waals surface area contributed by atoms with Gasteiger partial charge >= 0.3 is 5.97 Å². The molecule has 0 aliphatic heterocycles. The van der Waals surface area contributed by atoms with Gasteiger partial charge in [0.1, 0.15) is 0 Å². The molecule has 8 heteroatoms. The van der Waals surface area contributed by atoms with Gasteiger partial charge in [-0.15, -0.1) is 11.3 Å². The first-order chi connectivity index (χ1) is 11.5. The van der Waals surface area contributed by atoms with Gasteiger partial charge in [0.05, 0.1) is 16.0 Å². The average Bonchev–Trinajstić information content (AvgIpc) is 2.85. The molecule has 0 spiro atoms. The van der Waals surface area contributed by atoms with Crippen LogP contribution in [0.5, 0.6) is 0 Å². The predicted octanol–water partition coefficient (Wildman–Crippen LogP) is 4.13. The first-order valence-electron chi connectivity index (χ1n) is 7.22. The Morgan fingerprint density at radius 3 is 2.75 bits per heavy atom. The third-order valence-electron chi connectivity index (χ3n) is 3.21. The number of para-hydroxylation sites is 1. The number of thiazole rings is 1. The molecule has 0 saturated carbocycles. The minimum atomic E-state index is -0.319. The van der Waals surface area contributed by atoms with Crippen molar-refractivity contribution in [1.29, 1.82) is 0 Å². The number of benzene rings is 1. The van der Waals surface area contributed by atoms with Crippen molar-refractivity contribution in [3.8, 4) is 0 Å². The highest BCUT2D eigenvalue weighted by atomic mass is 32.2. The zero-order chi connectivity index (χ0) is 17.1. The molecule has 3 rings (SSSR count). The van der Waals surface area contributed by atoms with Crippen LogP contribution in [0.1, 0.15) is 11.4 Å². The van der Waals surface area contributed by atoms with E-state index in [2.05, 4.69) is 9.97 Å². The summed E-state index contributed by atoms with van der Waals surface area (Å²) in [5.74, 6) is -0.155. The Balaban J connectivity index is 1.61. The molecular weight excluding hydrogens is 362 g/mol. The van der Waals surface area contributed by atoms with E-state index in [4.69, 9.17) is 17.0 Å². The number of esters is 1. The van der Waals surface area contributed by atoms with E-state index in [1.165, 1.54) is 23.1 Å². The van der Waals surface area contributed by atoms with Crippen LogP contribution in [0.25, 0.3) is 10.2 Å². The number of hydrogen-bond donors (Lipinski definition) is 0. The average molecular weight is 378 g/mol. The molecule has 0 saturated heterocycles. The van der Waals surface area contributed by atoms with Crippen molar-refractivity contribution in [3.63, 3.8) is 0 Å². The Labute approximate surface area is 152 Å². The predicted molar refractivity (Wildman–Crippen MR) is 99.0 cm³/mol. The van der Waals surface area contributed by atoms with Crippen LogP contribution in [0.2, 0.25) is 0 Å². The van der Waals surface area contributed by atoms with Gasteiger partial charge in [-0.1, -0.05) is 23.9 Å². The molecule has 5 nitrogen and oxygen atoms in total. The van der Waals surface area contributed by atoms with Crippen molar-refractivity contribution < 1.29 is 9.53 Å². The number of thioether (sulfide) groups is 1. The molecule has 1 aromatic carbocycles. The van der Waals surface area contributed by atoms with E-state index in [1.807, 2.05) is 48.7 Å². The summed E-state index contributed by atoms with van der Waals surface area (Å²) in [6.45, 7) is 3.93. The molecule has 124 valence electrons. The summed E-state index contributed by atoms with van der Waals surface area (Å²) in [6.07, 6.45) is 0. The smallest absolute Gasteiger partial charge is 0.318 e. The number of fused-ring (bicyclic) bond motifs is 1. The summed E-state index contributed by atoms with van der Waals surface area (Å²) in [5.41, 5.74) is 2.74. The third-order valence-corrected chi connectivity index (χ3v) is 5.46. The molecule has 3 aromatic rings. The zero-order valence-electron chi connectivity index (χ0n) is 13.2. The normalized spacial score (nSPS) is 10.9. The molecule has 24 heavy (non-hydrogen) atoms. The van der Waals surface area contributed by atoms with E-state index in [9.17, 15) is 4.79 Å². The molecule has 0 N–H and O–H groups in total. The van der Waals surface area contributed by atoms with Crippen molar-refractivity contribution in [3.05, 3.63) is 45.7 Å². The SMILES string of the molecule is Cc1cc(C)nc(SCC(=O)OCn2c(=S)sc3ccccc32)n1. The zero-order valence-corrected chi connectivity index (χ0v) is 15.6. The Kier molecular flexibility index (Phi) is 5.27. The van der Waals surface area contributed by atoms with Crippen molar-refractivity contribution in [2.75, 3.05) is 5.75 Å². The number of nitrogens with zero attached hydrogens (tertiary/aromatic N) is 3. The minimum Gasteiger partial charge on any atom is -0.443 e. The maximum absolute atomic E-state index is 12.0. The Hall–Kier alpha value is -1.77. The number of hydrogen-bond acceptors (Lipinski definition) is 7. The van der Waals surface area contributed by atoms with Crippen LogP contribution in [0.4, 0.5) is 0 Å². The number of carbonyl (C=O) groups excluding carboxylic acids is 1. The number of rotatable bonds is 5. The number of carbonyl (C=O) groups is 1. The lowest BCUT2D eigenvalue weighted by atomic mass is 10.3. The number of aryl methyl sites for hydroxylation is 2. The lowest BCUT2D eigenvalue weighted by Gasteiger charge is -2.07. The van der Waals surface area contributed by atoms with E-state index in [-0.39, 0.29) is 18.5 Å². The largest absolute Gasteiger partial charge is 0.443 e. The molecular formula is C16H15N3O2S3. The van der Waals surface area contributed by atoms with Crippen molar-refractivity contribution in [2.45, 2.75) is 25.7 Å². The Morgan fingerprint density at radius 1 is 1.29 bits per heavy atom. The minimum absolute atomic E-state index is 0.121. The maximum Gasteiger partial charge on any atom is 0.318 e. The second kappa shape index (κ2) is 7.42. The topological polar surface area (TPSA) is 57.0 Å². The lowest BCUT2D eigenvalue weighted by Crippen LogP contribution is -2.11. The van der Waals surface area contributed by atoms with Gasteiger partial charge in [0.15, 0.2) is 15.8 Å². The first kappa shape index (κ1) is 17.1. The highest BCUT2D eigenvalue weighted by Gasteiger charge is 2.10. The summed E-state index contributed by atoms with van der Waals surface area (Å²) in [4.78, 5) is 20.6. The fourth-order valence-corrected chi connectivity index (χ4v) is 4.24. The van der Waals surface area contributed by atoms with Crippen LogP contribution in [0, 0.1) is 17.8 Å². The van der Waals surface area contributed by atoms with Crippen LogP contribution < -0.4 is 0 Å². The standard InChI is InChI=1S/C16H15N3O2S3/c1-10-7-11(2)18-15(17-10)23-8-14(20)21-9-19-12-5-3-4-6-13(12)24-16(19)22/h3-7H,8-9H2,1-2H3. The van der Waals surface area contributed by atoms with Crippen molar-refractivity contribution in [2.24, 2.45) is 0 Å². The van der Waals surface area contributed by atoms with Gasteiger partial charge in [-0.05, 0) is 44.3 Å². The Bertz CT molecular complexity index is 929. The van der Waals surface area contributed by atoms with Crippen LogP contribution >= 0.6 is 35.3 Å². The van der Waals surface area contributed by atoms with E-state index < -0.39 is 0 Å². The van der Waals surface area contributed by atoms with Crippen LogP contribution in [-0.2, 0) is 16.3 Å².